The number of nitrogens with one attached hydrogen (secondary N) is 2. The minimum absolute atomic E-state index is 0.119. The highest BCUT2D eigenvalue weighted by Crippen LogP contribution is 2.25. The summed E-state index contributed by atoms with van der Waals surface area (Å²) < 4.78 is 0. The number of tetrazole rings is 1. The van der Waals surface area contributed by atoms with Crippen LogP contribution >= 0.6 is 23.2 Å². The molecule has 0 radical (unpaired) electrons. The van der Waals surface area contributed by atoms with E-state index in [1.54, 1.807) is 49.5 Å². The lowest BCUT2D eigenvalue weighted by molar-refractivity contribution is -0.116. The van der Waals surface area contributed by atoms with E-state index < -0.39 is 0 Å². The Labute approximate surface area is 164 Å². The highest BCUT2D eigenvalue weighted by Gasteiger charge is 2.16. The van der Waals surface area contributed by atoms with Gasteiger partial charge in [-0.2, -0.15) is 5.21 Å². The average Bonchev–Trinajstić information content (AvgIpc) is 3.19. The van der Waals surface area contributed by atoms with Crippen LogP contribution < -0.4 is 5.32 Å². The molecule has 0 saturated heterocycles. The smallest absolute Gasteiger partial charge is 0.254 e. The second-order valence-corrected chi connectivity index (χ2v) is 6.47. The molecule has 0 unspecified atom stereocenters. The third-order valence-electron chi connectivity index (χ3n) is 3.67. The highest BCUT2D eigenvalue weighted by atomic mass is 35.5. The fraction of sp³-hybridized carbons (Fsp3) is 0.118. The maximum absolute atomic E-state index is 12.5. The van der Waals surface area contributed by atoms with Crippen molar-refractivity contribution in [2.24, 2.45) is 0 Å². The Hall–Kier alpha value is -2.97. The van der Waals surface area contributed by atoms with Gasteiger partial charge in [0.1, 0.15) is 0 Å². The monoisotopic (exact) mass is 404 g/mol. The molecular weight excluding hydrogens is 391 g/mol. The predicted octanol–water partition coefficient (Wildman–Crippen LogP) is 2.88. The Morgan fingerprint density at radius 1 is 1.11 bits per heavy atom. The lowest BCUT2D eigenvalue weighted by atomic mass is 10.1. The maximum Gasteiger partial charge on any atom is 0.254 e. The summed E-state index contributed by atoms with van der Waals surface area (Å²) >= 11 is 11.8. The van der Waals surface area contributed by atoms with Crippen molar-refractivity contribution < 1.29 is 9.59 Å². The lowest BCUT2D eigenvalue weighted by Gasteiger charge is -2.17. The molecule has 0 saturated carbocycles. The third-order valence-corrected chi connectivity index (χ3v) is 4.41. The summed E-state index contributed by atoms with van der Waals surface area (Å²) in [7, 11) is 1.55. The van der Waals surface area contributed by atoms with Crippen molar-refractivity contribution in [3.8, 4) is 11.4 Å². The molecule has 1 aromatic heterocycles. The van der Waals surface area contributed by atoms with Gasteiger partial charge in [0.05, 0.1) is 16.6 Å². The van der Waals surface area contributed by atoms with Gasteiger partial charge < -0.3 is 10.2 Å². The van der Waals surface area contributed by atoms with Crippen LogP contribution in [-0.2, 0) is 4.79 Å². The zero-order valence-corrected chi connectivity index (χ0v) is 15.6. The fourth-order valence-electron chi connectivity index (χ4n) is 2.33. The molecule has 0 bridgehead atoms. The van der Waals surface area contributed by atoms with Crippen LogP contribution in [-0.4, -0.2) is 50.9 Å². The molecule has 10 heteroatoms. The van der Waals surface area contributed by atoms with Crippen molar-refractivity contribution in [1.29, 1.82) is 0 Å². The van der Waals surface area contributed by atoms with Gasteiger partial charge in [-0.25, -0.2) is 0 Å². The van der Waals surface area contributed by atoms with Crippen LogP contribution in [0.4, 0.5) is 5.69 Å². The van der Waals surface area contributed by atoms with E-state index in [4.69, 9.17) is 23.2 Å². The molecular formula is C17H14Cl2N6O2. The third kappa shape index (κ3) is 4.60. The van der Waals surface area contributed by atoms with Crippen LogP contribution in [0.1, 0.15) is 10.4 Å². The van der Waals surface area contributed by atoms with E-state index in [1.165, 1.54) is 4.90 Å². The molecule has 2 amide bonds. The van der Waals surface area contributed by atoms with Crippen LogP contribution in [0.5, 0.6) is 0 Å². The standard InChI is InChI=1S/C17H14Cl2N6O2/c1-25(9-15(26)20-12-6-7-13(18)14(19)8-12)17(27)11-4-2-10(3-5-11)16-21-23-24-22-16/h2-8H,9H2,1H3,(H,20,26)(H,21,22,23,24). The van der Waals surface area contributed by atoms with Crippen molar-refractivity contribution in [2.45, 2.75) is 0 Å². The Morgan fingerprint density at radius 3 is 2.48 bits per heavy atom. The molecule has 2 N–H and O–H groups in total. The number of amides is 2. The Balaban J connectivity index is 1.61. The number of benzene rings is 2. The summed E-state index contributed by atoms with van der Waals surface area (Å²) in [6, 6.07) is 11.5. The molecule has 8 nitrogen and oxygen atoms in total. The molecule has 3 rings (SSSR count). The van der Waals surface area contributed by atoms with Gasteiger partial charge in [-0.3, -0.25) is 9.59 Å². The van der Waals surface area contributed by atoms with Gasteiger partial charge in [-0.15, -0.1) is 10.2 Å². The molecule has 27 heavy (non-hydrogen) atoms. The molecule has 0 aliphatic rings. The highest BCUT2D eigenvalue weighted by molar-refractivity contribution is 6.42. The predicted molar refractivity (Wildman–Crippen MR) is 102 cm³/mol. The number of halogens is 2. The van der Waals surface area contributed by atoms with Crippen molar-refractivity contribution >= 4 is 40.7 Å². The first-order chi connectivity index (χ1) is 12.9. The normalized spacial score (nSPS) is 10.5. The summed E-state index contributed by atoms with van der Waals surface area (Å²) in [5, 5.41) is 17.0. The second kappa shape index (κ2) is 8.15. The van der Waals surface area contributed by atoms with Crippen LogP contribution in [0.2, 0.25) is 10.0 Å². The minimum atomic E-state index is -0.354. The number of carbonyl (C=O) groups excluding carboxylic acids is 2. The number of hydrogen-bond acceptors (Lipinski definition) is 5. The average molecular weight is 405 g/mol. The Bertz CT molecular complexity index is 960. The van der Waals surface area contributed by atoms with E-state index in [0.717, 1.165) is 5.56 Å². The molecule has 1 heterocycles. The topological polar surface area (TPSA) is 104 Å². The first kappa shape index (κ1) is 18.8. The summed E-state index contributed by atoms with van der Waals surface area (Å²) in [5.74, 6) is -0.213. The molecule has 2 aromatic carbocycles. The Kier molecular flexibility index (Phi) is 5.68. The fourth-order valence-corrected chi connectivity index (χ4v) is 2.63. The number of rotatable bonds is 5. The van der Waals surface area contributed by atoms with Gasteiger partial charge in [0.15, 0.2) is 0 Å². The first-order valence-corrected chi connectivity index (χ1v) is 8.54. The van der Waals surface area contributed by atoms with Gasteiger partial charge >= 0.3 is 0 Å². The number of carbonyl (C=O) groups is 2. The summed E-state index contributed by atoms with van der Waals surface area (Å²) in [6.45, 7) is -0.119. The molecule has 0 spiro atoms. The zero-order chi connectivity index (χ0) is 19.4. The van der Waals surface area contributed by atoms with Crippen LogP contribution in [0.3, 0.4) is 0 Å². The summed E-state index contributed by atoms with van der Waals surface area (Å²) in [5.41, 5.74) is 1.66. The zero-order valence-electron chi connectivity index (χ0n) is 14.1. The molecule has 0 fully saturated rings. The molecule has 3 aromatic rings. The summed E-state index contributed by atoms with van der Waals surface area (Å²) in [6.07, 6.45) is 0. The molecule has 0 aliphatic carbocycles. The number of aromatic nitrogens is 4. The minimum Gasteiger partial charge on any atom is -0.332 e. The van der Waals surface area contributed by atoms with Crippen molar-refractivity contribution in [3.05, 3.63) is 58.1 Å². The van der Waals surface area contributed by atoms with Gasteiger partial charge in [0.2, 0.25) is 11.7 Å². The van der Waals surface area contributed by atoms with E-state index in [9.17, 15) is 9.59 Å². The van der Waals surface area contributed by atoms with Crippen LogP contribution in [0.15, 0.2) is 42.5 Å². The lowest BCUT2D eigenvalue weighted by Crippen LogP contribution is -2.34. The number of hydrogen-bond donors (Lipinski definition) is 2. The van der Waals surface area contributed by atoms with E-state index in [2.05, 4.69) is 25.9 Å². The van der Waals surface area contributed by atoms with Gasteiger partial charge in [-0.1, -0.05) is 35.3 Å². The van der Waals surface area contributed by atoms with Gasteiger partial charge in [0, 0.05) is 23.9 Å². The quantitative estimate of drug-likeness (QED) is 0.680. The second-order valence-electron chi connectivity index (χ2n) is 5.65. The Morgan fingerprint density at radius 2 is 1.85 bits per heavy atom. The van der Waals surface area contributed by atoms with E-state index >= 15 is 0 Å². The van der Waals surface area contributed by atoms with Crippen LogP contribution in [0, 0.1) is 0 Å². The summed E-state index contributed by atoms with van der Waals surface area (Å²) in [4.78, 5) is 26.0. The number of aromatic amines is 1. The van der Waals surface area contributed by atoms with Crippen molar-refractivity contribution in [3.63, 3.8) is 0 Å². The van der Waals surface area contributed by atoms with Gasteiger partial charge in [0.25, 0.3) is 5.91 Å². The van der Waals surface area contributed by atoms with Gasteiger partial charge in [-0.05, 0) is 35.5 Å². The SMILES string of the molecule is CN(CC(=O)Nc1ccc(Cl)c(Cl)c1)C(=O)c1ccc(-c2nn[nH]n2)cc1. The van der Waals surface area contributed by atoms with E-state index in [0.29, 0.717) is 27.1 Å². The number of nitrogens with zero attached hydrogens (tertiary/aromatic N) is 4. The van der Waals surface area contributed by atoms with Crippen molar-refractivity contribution in [1.82, 2.24) is 25.5 Å². The van der Waals surface area contributed by atoms with Crippen LogP contribution in [0.25, 0.3) is 11.4 Å². The molecule has 138 valence electrons. The first-order valence-electron chi connectivity index (χ1n) is 7.78. The van der Waals surface area contributed by atoms with E-state index in [1.807, 2.05) is 0 Å². The maximum atomic E-state index is 12.5. The number of anilines is 1. The molecule has 0 atom stereocenters. The van der Waals surface area contributed by atoms with Crippen molar-refractivity contribution in [2.75, 3.05) is 18.9 Å². The molecule has 0 aliphatic heterocycles. The number of H-pyrrole nitrogens is 1. The van der Waals surface area contributed by atoms with E-state index in [-0.39, 0.29) is 18.4 Å². The largest absolute Gasteiger partial charge is 0.332 e. The number of likely N-dealkylation sites (N-methyl/N-ethyl adjacent to an activating group) is 1.